The second-order valence-corrected chi connectivity index (χ2v) is 6.61. The van der Waals surface area contributed by atoms with Crippen LogP contribution in [0.1, 0.15) is 26.5 Å². The molecule has 0 aliphatic carbocycles. The number of nitrogens with zero attached hydrogens (tertiary/aromatic N) is 2. The number of carbonyl (C=O) groups is 2. The van der Waals surface area contributed by atoms with Crippen LogP contribution < -0.4 is 11.1 Å². The lowest BCUT2D eigenvalue weighted by Crippen LogP contribution is -2.23. The second-order valence-electron chi connectivity index (χ2n) is 5.69. The summed E-state index contributed by atoms with van der Waals surface area (Å²) in [7, 11) is 0. The first-order valence-electron chi connectivity index (χ1n) is 7.68. The van der Waals surface area contributed by atoms with Crippen molar-refractivity contribution in [3.05, 3.63) is 75.8 Å². The number of anilines is 1. The molecule has 0 atom stereocenters. The number of carbonyl (C=O) groups excluding carboxylic acids is 2. The van der Waals surface area contributed by atoms with Gasteiger partial charge in [-0.15, -0.1) is 0 Å². The Labute approximate surface area is 161 Å². The molecule has 0 bridgehead atoms. The average molecular weight is 435 g/mol. The topological polar surface area (TPSA) is 90.0 Å². The molecule has 6 nitrogen and oxygen atoms in total. The summed E-state index contributed by atoms with van der Waals surface area (Å²) < 4.78 is 28.6. The third-order valence-electron chi connectivity index (χ3n) is 3.82. The Bertz CT molecular complexity index is 1070. The van der Waals surface area contributed by atoms with Crippen molar-refractivity contribution in [2.75, 3.05) is 5.32 Å². The number of aromatic nitrogens is 2. The summed E-state index contributed by atoms with van der Waals surface area (Å²) in [6.07, 6.45) is 1.30. The predicted molar refractivity (Wildman–Crippen MR) is 98.8 cm³/mol. The molecular weight excluding hydrogens is 422 g/mol. The molecule has 2 amide bonds. The number of amides is 2. The van der Waals surface area contributed by atoms with Gasteiger partial charge in [0.25, 0.3) is 11.8 Å². The number of rotatable bonds is 4. The monoisotopic (exact) mass is 434 g/mol. The molecule has 3 aromatic rings. The van der Waals surface area contributed by atoms with Crippen molar-refractivity contribution in [2.24, 2.45) is 5.73 Å². The largest absolute Gasteiger partial charge is 0.364 e. The van der Waals surface area contributed by atoms with Crippen LogP contribution in [0.15, 0.2) is 47.2 Å². The summed E-state index contributed by atoms with van der Waals surface area (Å²) in [6, 6.07) is 8.31. The number of nitrogens with two attached hydrogens (primary N) is 1. The lowest BCUT2D eigenvalue weighted by Gasteiger charge is -2.13. The van der Waals surface area contributed by atoms with Crippen molar-refractivity contribution in [3.63, 3.8) is 0 Å². The molecule has 2 aromatic carbocycles. The maximum Gasteiger partial charge on any atom is 0.275 e. The number of nitrogens with one attached hydrogen (secondary N) is 1. The van der Waals surface area contributed by atoms with Gasteiger partial charge in [-0.25, -0.2) is 13.8 Å². The van der Waals surface area contributed by atoms with Gasteiger partial charge in [-0.05, 0) is 36.8 Å². The molecule has 0 aliphatic rings. The lowest BCUT2D eigenvalue weighted by molar-refractivity contribution is 0.0971. The lowest BCUT2D eigenvalue weighted by atomic mass is 10.2. The molecule has 0 aliphatic heterocycles. The molecule has 3 N–H and O–H groups in total. The van der Waals surface area contributed by atoms with Gasteiger partial charge in [0.1, 0.15) is 12.0 Å². The predicted octanol–water partition coefficient (Wildman–Crippen LogP) is 3.57. The fraction of sp³-hybridized carbons (Fsp3) is 0.0556. The highest BCUT2D eigenvalue weighted by Gasteiger charge is 2.24. The highest BCUT2D eigenvalue weighted by Crippen LogP contribution is 2.24. The van der Waals surface area contributed by atoms with Crippen LogP contribution in [-0.2, 0) is 0 Å². The van der Waals surface area contributed by atoms with Gasteiger partial charge in [-0.1, -0.05) is 22.0 Å². The van der Waals surface area contributed by atoms with Gasteiger partial charge in [-0.2, -0.15) is 0 Å². The number of benzene rings is 2. The van der Waals surface area contributed by atoms with Crippen LogP contribution >= 0.6 is 15.9 Å². The van der Waals surface area contributed by atoms with E-state index >= 15 is 0 Å². The Morgan fingerprint density at radius 2 is 1.89 bits per heavy atom. The molecule has 3 rings (SSSR count). The highest BCUT2D eigenvalue weighted by molar-refractivity contribution is 9.10. The smallest absolute Gasteiger partial charge is 0.275 e. The number of primary amides is 1. The zero-order chi connectivity index (χ0) is 19.7. The van der Waals surface area contributed by atoms with E-state index in [9.17, 15) is 18.4 Å². The maximum atomic E-state index is 13.4. The molecule has 0 radical (unpaired) electrons. The van der Waals surface area contributed by atoms with Crippen LogP contribution in [0.5, 0.6) is 0 Å². The molecule has 0 saturated carbocycles. The summed E-state index contributed by atoms with van der Waals surface area (Å²) in [5.41, 5.74) is 6.41. The van der Waals surface area contributed by atoms with Crippen molar-refractivity contribution in [1.29, 1.82) is 0 Å². The summed E-state index contributed by atoms with van der Waals surface area (Å²) in [5, 5.41) is 2.43. The number of hydrogen-bond donors (Lipinski definition) is 2. The van der Waals surface area contributed by atoms with E-state index in [1.54, 1.807) is 6.07 Å². The summed E-state index contributed by atoms with van der Waals surface area (Å²) in [5.74, 6) is -3.79. The summed E-state index contributed by atoms with van der Waals surface area (Å²) >= 11 is 3.36. The van der Waals surface area contributed by atoms with E-state index in [0.29, 0.717) is 5.69 Å². The fourth-order valence-corrected chi connectivity index (χ4v) is 2.88. The number of halogens is 3. The maximum absolute atomic E-state index is 13.4. The quantitative estimate of drug-likeness (QED) is 0.657. The SMILES string of the molecule is Cc1ccc(Br)cc1-n1cnc(C(N)=O)c1C(=O)Nc1ccc(F)c(F)c1. The van der Waals surface area contributed by atoms with Gasteiger partial charge < -0.3 is 11.1 Å². The van der Waals surface area contributed by atoms with Crippen molar-refractivity contribution >= 4 is 33.4 Å². The van der Waals surface area contributed by atoms with E-state index in [0.717, 1.165) is 22.2 Å². The van der Waals surface area contributed by atoms with E-state index in [2.05, 4.69) is 26.2 Å². The molecule has 1 aromatic heterocycles. The Morgan fingerprint density at radius 1 is 1.15 bits per heavy atom. The fourth-order valence-electron chi connectivity index (χ4n) is 2.53. The number of imidazole rings is 1. The zero-order valence-electron chi connectivity index (χ0n) is 14.0. The molecule has 27 heavy (non-hydrogen) atoms. The van der Waals surface area contributed by atoms with Gasteiger partial charge in [0.2, 0.25) is 0 Å². The zero-order valence-corrected chi connectivity index (χ0v) is 15.5. The first-order chi connectivity index (χ1) is 12.8. The molecule has 1 heterocycles. The van der Waals surface area contributed by atoms with E-state index in [-0.39, 0.29) is 17.1 Å². The highest BCUT2D eigenvalue weighted by atomic mass is 79.9. The summed E-state index contributed by atoms with van der Waals surface area (Å²) in [4.78, 5) is 28.4. The number of aryl methyl sites for hydroxylation is 1. The van der Waals surface area contributed by atoms with Crippen molar-refractivity contribution < 1.29 is 18.4 Å². The Balaban J connectivity index is 2.08. The first-order valence-corrected chi connectivity index (χ1v) is 8.47. The van der Waals surface area contributed by atoms with Gasteiger partial charge >= 0.3 is 0 Å². The van der Waals surface area contributed by atoms with Gasteiger partial charge in [0.05, 0.1) is 5.69 Å². The van der Waals surface area contributed by atoms with Crippen LogP contribution in [-0.4, -0.2) is 21.4 Å². The van der Waals surface area contributed by atoms with Gasteiger partial charge in [0, 0.05) is 16.2 Å². The van der Waals surface area contributed by atoms with Crippen LogP contribution in [0.4, 0.5) is 14.5 Å². The first kappa shape index (κ1) is 18.7. The summed E-state index contributed by atoms with van der Waals surface area (Å²) in [6.45, 7) is 1.82. The third-order valence-corrected chi connectivity index (χ3v) is 4.32. The molecule has 0 unspecified atom stereocenters. The van der Waals surface area contributed by atoms with Crippen molar-refractivity contribution in [3.8, 4) is 5.69 Å². The van der Waals surface area contributed by atoms with E-state index in [1.165, 1.54) is 17.0 Å². The van der Waals surface area contributed by atoms with Crippen molar-refractivity contribution in [2.45, 2.75) is 6.92 Å². The molecule has 0 spiro atoms. The minimum absolute atomic E-state index is 0.0213. The van der Waals surface area contributed by atoms with Crippen LogP contribution in [0, 0.1) is 18.6 Å². The molecular formula is C18H13BrF2N4O2. The second kappa shape index (κ2) is 7.28. The molecule has 0 fully saturated rings. The molecule has 138 valence electrons. The number of hydrogen-bond acceptors (Lipinski definition) is 3. The van der Waals surface area contributed by atoms with Crippen LogP contribution in [0.2, 0.25) is 0 Å². The Hall–Kier alpha value is -3.07. The normalized spacial score (nSPS) is 10.7. The third kappa shape index (κ3) is 3.72. The standard InChI is InChI=1S/C18H13BrF2N4O2/c1-9-2-3-10(19)6-14(9)25-8-23-15(17(22)26)16(25)18(27)24-11-4-5-12(20)13(21)7-11/h2-8H,1H3,(H2,22,26)(H,24,27). The molecule has 9 heteroatoms. The van der Waals surface area contributed by atoms with E-state index in [4.69, 9.17) is 5.73 Å². The minimum Gasteiger partial charge on any atom is -0.364 e. The van der Waals surface area contributed by atoms with Crippen LogP contribution in [0.3, 0.4) is 0 Å². The average Bonchev–Trinajstić information content (AvgIpc) is 3.05. The molecule has 0 saturated heterocycles. The van der Waals surface area contributed by atoms with E-state index in [1.807, 2.05) is 19.1 Å². The van der Waals surface area contributed by atoms with E-state index < -0.39 is 23.4 Å². The Morgan fingerprint density at radius 3 is 2.56 bits per heavy atom. The van der Waals surface area contributed by atoms with Crippen molar-refractivity contribution in [1.82, 2.24) is 9.55 Å². The van der Waals surface area contributed by atoms with Gasteiger partial charge in [-0.3, -0.25) is 14.2 Å². The van der Waals surface area contributed by atoms with Gasteiger partial charge in [0.15, 0.2) is 17.3 Å². The Kier molecular flexibility index (Phi) is 5.04. The minimum atomic E-state index is -1.11. The van der Waals surface area contributed by atoms with Crippen LogP contribution in [0.25, 0.3) is 5.69 Å².